The maximum atomic E-state index is 13.5. The van der Waals surface area contributed by atoms with E-state index >= 15 is 0 Å². The van der Waals surface area contributed by atoms with Crippen molar-refractivity contribution in [3.05, 3.63) is 107 Å². The second kappa shape index (κ2) is 24.0. The number of carbonyl (C=O) groups excluding carboxylic acids is 5. The second-order valence-corrected chi connectivity index (χ2v) is 19.0. The molecule has 70 heavy (non-hydrogen) atoms. The van der Waals surface area contributed by atoms with Crippen molar-refractivity contribution in [3.8, 4) is 0 Å². The molecule has 6 aromatic rings. The van der Waals surface area contributed by atoms with Gasteiger partial charge in [-0.15, -0.1) is 37.2 Å². The van der Waals surface area contributed by atoms with Gasteiger partial charge in [-0.2, -0.15) is 9.13 Å². The number of benzene rings is 2. The number of aromatic nitrogens is 6. The van der Waals surface area contributed by atoms with Gasteiger partial charge in [-0.3, -0.25) is 19.2 Å². The van der Waals surface area contributed by atoms with Crippen LogP contribution in [-0.4, -0.2) is 66.6 Å². The molecule has 3 N–H and O–H groups in total. The summed E-state index contributed by atoms with van der Waals surface area (Å²) >= 11 is 0. The van der Waals surface area contributed by atoms with E-state index in [1.54, 1.807) is 34.6 Å². The summed E-state index contributed by atoms with van der Waals surface area (Å²) in [6.07, 6.45) is 10.4. The summed E-state index contributed by atoms with van der Waals surface area (Å²) in [5, 5.41) is 4.67. The van der Waals surface area contributed by atoms with Crippen LogP contribution in [-0.2, 0) is 77.3 Å². The number of hydrogen-bond acceptors (Lipinski definition) is 9. The van der Waals surface area contributed by atoms with Crippen molar-refractivity contribution in [2.45, 2.75) is 106 Å². The van der Waals surface area contributed by atoms with Crippen LogP contribution in [0.15, 0.2) is 73.3 Å². The van der Waals surface area contributed by atoms with Crippen LogP contribution in [0.5, 0.6) is 0 Å². The highest BCUT2D eigenvalue weighted by atomic mass is 35.5. The maximum Gasteiger partial charge on any atom is 0.407 e. The van der Waals surface area contributed by atoms with Crippen LogP contribution in [0.1, 0.15) is 91.2 Å². The Morgan fingerprint density at radius 1 is 0.714 bits per heavy atom. The molecule has 4 heterocycles. The minimum absolute atomic E-state index is 0. The van der Waals surface area contributed by atoms with E-state index in [-0.39, 0.29) is 99.1 Å². The highest BCUT2D eigenvalue weighted by Crippen LogP contribution is 2.36. The van der Waals surface area contributed by atoms with Gasteiger partial charge < -0.3 is 34.4 Å². The van der Waals surface area contributed by atoms with Crippen LogP contribution in [0.4, 0.5) is 4.79 Å². The fourth-order valence-corrected chi connectivity index (χ4v) is 9.17. The Morgan fingerprint density at radius 3 is 1.54 bits per heavy atom. The number of carbonyl (C=O) groups is 5. The normalized spacial score (nSPS) is 16.0. The second-order valence-electron chi connectivity index (χ2n) is 19.0. The molecule has 4 atom stereocenters. The third kappa shape index (κ3) is 12.2. The van der Waals surface area contributed by atoms with Crippen LogP contribution in [0.25, 0.3) is 21.8 Å². The number of halogens is 3. The van der Waals surface area contributed by atoms with Crippen molar-refractivity contribution >= 4 is 88.6 Å². The molecule has 19 heteroatoms. The highest BCUT2D eigenvalue weighted by Gasteiger charge is 2.36. The molecule has 380 valence electrons. The van der Waals surface area contributed by atoms with Crippen molar-refractivity contribution < 1.29 is 47.3 Å². The quantitative estimate of drug-likeness (QED) is 0.0696. The fourth-order valence-electron chi connectivity index (χ4n) is 9.17. The third-order valence-electron chi connectivity index (χ3n) is 13.3. The first kappa shape index (κ1) is 56.9. The highest BCUT2D eigenvalue weighted by molar-refractivity contribution is 6.12. The van der Waals surface area contributed by atoms with Gasteiger partial charge in [-0.1, -0.05) is 50.2 Å². The van der Waals surface area contributed by atoms with Crippen LogP contribution < -0.4 is 20.2 Å². The van der Waals surface area contributed by atoms with E-state index in [2.05, 4.69) is 31.2 Å². The molecule has 0 bridgehead atoms. The predicted octanol–water partition coefficient (Wildman–Crippen LogP) is 7.06. The zero-order chi connectivity index (χ0) is 48.3. The Hall–Kier alpha value is -5.68. The number of nitrogens with zero attached hydrogens (tertiary/aromatic N) is 6. The molecule has 0 saturated heterocycles. The Labute approximate surface area is 428 Å². The van der Waals surface area contributed by atoms with E-state index < -0.39 is 23.6 Å². The van der Waals surface area contributed by atoms with Crippen molar-refractivity contribution in [2.24, 2.45) is 43.5 Å². The van der Waals surface area contributed by atoms with Crippen LogP contribution in [0.2, 0.25) is 0 Å². The monoisotopic (exact) mass is 1030 g/mol. The van der Waals surface area contributed by atoms with Crippen LogP contribution in [0, 0.1) is 37.5 Å². The molecule has 4 aromatic heterocycles. The molecule has 0 saturated carbocycles. The number of para-hydroxylation sites is 2. The number of nitrogens with two attached hydrogens (primary N) is 1. The molecule has 0 fully saturated rings. The number of fused-ring (bicyclic) bond motifs is 6. The predicted molar refractivity (Wildman–Crippen MR) is 272 cm³/mol. The van der Waals surface area contributed by atoms with Gasteiger partial charge in [0.15, 0.2) is 11.6 Å². The van der Waals surface area contributed by atoms with Gasteiger partial charge >= 0.3 is 18.0 Å². The SMILES string of the molecule is Cc1n(CC2CCc3c(c4ccccc4n3C)C2=O)cc[n+]1COC(=O)C(C)CN.Cc1n(CC2CCc3c(c4ccccc4n3C)C2=O)cc[n+]1COC(=O)C(C)CNC(=O)OC(C)(C)C.Cl.Cl.Cl. The summed E-state index contributed by atoms with van der Waals surface area (Å²) in [7, 11) is 4.07. The fraction of sp³-hybridized carbons (Fsp3) is 0.471. The van der Waals surface area contributed by atoms with Crippen LogP contribution >= 0.6 is 37.2 Å². The summed E-state index contributed by atoms with van der Waals surface area (Å²) in [6.45, 7) is 14.5. The molecule has 16 nitrogen and oxygen atoms in total. The van der Waals surface area contributed by atoms with Gasteiger partial charge in [0, 0.05) is 85.4 Å². The molecule has 0 radical (unpaired) electrons. The van der Waals surface area contributed by atoms with E-state index in [0.29, 0.717) is 13.1 Å². The minimum Gasteiger partial charge on any atom is -0.444 e. The number of hydrogen-bond donors (Lipinski definition) is 2. The zero-order valence-electron chi connectivity index (χ0n) is 41.6. The first-order valence-corrected chi connectivity index (χ1v) is 23.2. The first-order valence-electron chi connectivity index (χ1n) is 23.2. The number of alkyl carbamates (subject to hydrolysis) is 1. The molecule has 1 amide bonds. The molecule has 0 spiro atoms. The molecule has 2 aliphatic rings. The average Bonchev–Trinajstić information content (AvgIpc) is 4.02. The smallest absolute Gasteiger partial charge is 0.407 e. The maximum absolute atomic E-state index is 13.5. The Balaban J connectivity index is 0.000000297. The lowest BCUT2D eigenvalue weighted by Gasteiger charge is -2.21. The third-order valence-corrected chi connectivity index (χ3v) is 13.3. The standard InChI is InChI=1S/C28H36N4O5.C23H29N4O3.3ClH/c1-18(15-29-27(35)37-28(3,4)5)26(34)36-17-32-14-13-31(19(32)2)16-20-11-12-23-24(25(20)33)21-9-7-8-10-22(21)30(23)6;1-15(12-24)23(29)30-14-27-11-10-26(16(27)2)13-17-8-9-20-21(22(17)28)18-6-4-5-7-19(18)25(20)3;;;/h7-10,13-14,18,20H,11-12,15-17H2,1-6H3;4-7,10-11,15,17H,8-9,12-14,24H2,1-3H3;3*1H/q;+1;;;/p+1. The van der Waals surface area contributed by atoms with E-state index in [1.165, 1.54) is 0 Å². The van der Waals surface area contributed by atoms with E-state index in [4.69, 9.17) is 19.9 Å². The van der Waals surface area contributed by atoms with Gasteiger partial charge in [0.25, 0.3) is 11.6 Å². The first-order chi connectivity index (χ1) is 31.9. The lowest BCUT2D eigenvalue weighted by molar-refractivity contribution is -0.733. The lowest BCUT2D eigenvalue weighted by Crippen LogP contribution is -2.41. The number of nitrogens with one attached hydrogen (secondary N) is 1. The number of esters is 2. The topological polar surface area (TPSA) is 179 Å². The number of ketones is 2. The van der Waals surface area contributed by atoms with Gasteiger partial charge in [0.2, 0.25) is 13.5 Å². The van der Waals surface area contributed by atoms with Crippen molar-refractivity contribution in [1.82, 2.24) is 23.6 Å². The molecular weight excluding hydrogens is 959 g/mol. The molecule has 0 aliphatic heterocycles. The number of rotatable bonds is 13. The van der Waals surface area contributed by atoms with Gasteiger partial charge in [-0.25, -0.2) is 13.9 Å². The van der Waals surface area contributed by atoms with E-state index in [1.807, 2.05) is 103 Å². The molecular formula is C51H69Cl3N8O8+2. The molecule has 2 aromatic carbocycles. The number of Topliss-reactive ketones (excluding diaryl/α,β-unsaturated/α-hetero) is 2. The lowest BCUT2D eigenvalue weighted by atomic mass is 9.85. The number of amides is 1. The number of aryl methyl sites for hydroxylation is 2. The van der Waals surface area contributed by atoms with E-state index in [0.717, 1.165) is 81.7 Å². The molecule has 8 rings (SSSR count). The summed E-state index contributed by atoms with van der Waals surface area (Å²) < 4.78 is 28.1. The van der Waals surface area contributed by atoms with E-state index in [9.17, 15) is 24.0 Å². The number of ether oxygens (including phenoxy) is 3. The summed E-state index contributed by atoms with van der Waals surface area (Å²) in [5.41, 5.74) is 11.1. The van der Waals surface area contributed by atoms with Crippen LogP contribution in [0.3, 0.4) is 0 Å². The van der Waals surface area contributed by atoms with Gasteiger partial charge in [0.05, 0.1) is 23.7 Å². The molecule has 2 aliphatic carbocycles. The summed E-state index contributed by atoms with van der Waals surface area (Å²) in [4.78, 5) is 63.0. The largest absolute Gasteiger partial charge is 0.444 e. The Morgan fingerprint density at radius 2 is 1.13 bits per heavy atom. The summed E-state index contributed by atoms with van der Waals surface area (Å²) in [6, 6.07) is 16.2. The zero-order valence-corrected chi connectivity index (χ0v) is 44.0. The summed E-state index contributed by atoms with van der Waals surface area (Å²) in [5.74, 6) is 0.509. The Kier molecular flexibility index (Phi) is 19.5. The minimum atomic E-state index is -0.603. The van der Waals surface area contributed by atoms with Crippen molar-refractivity contribution in [3.63, 3.8) is 0 Å². The number of imidazole rings is 2. The van der Waals surface area contributed by atoms with Gasteiger partial charge in [-0.05, 0) is 58.6 Å². The Bertz CT molecular complexity index is 2840. The van der Waals surface area contributed by atoms with Crippen molar-refractivity contribution in [2.75, 3.05) is 13.1 Å². The van der Waals surface area contributed by atoms with Crippen molar-refractivity contribution in [1.29, 1.82) is 0 Å². The molecule has 4 unspecified atom stereocenters. The van der Waals surface area contributed by atoms with Gasteiger partial charge in [0.1, 0.15) is 43.5 Å². The average molecular weight is 1030 g/mol.